The van der Waals surface area contributed by atoms with E-state index in [2.05, 4.69) is 0 Å². The van der Waals surface area contributed by atoms with Crippen LogP contribution in [-0.4, -0.2) is 31.9 Å². The smallest absolute Gasteiger partial charge is 0.343 e. The molecule has 0 amide bonds. The van der Waals surface area contributed by atoms with Gasteiger partial charge >= 0.3 is 5.97 Å². The summed E-state index contributed by atoms with van der Waals surface area (Å²) in [6, 6.07) is 11.6. The summed E-state index contributed by atoms with van der Waals surface area (Å²) in [7, 11) is 0. The molecule has 0 unspecified atom stereocenters. The van der Waals surface area contributed by atoms with Gasteiger partial charge in [0.15, 0.2) is 11.5 Å². The number of nitrogens with zero attached hydrogens (tertiary/aromatic N) is 1. The van der Waals surface area contributed by atoms with E-state index in [4.69, 9.17) is 35.8 Å². The summed E-state index contributed by atoms with van der Waals surface area (Å²) >= 11 is 6.19. The number of rotatable bonds is 7. The second-order valence-corrected chi connectivity index (χ2v) is 6.60. The largest absolute Gasteiger partial charge is 0.491 e. The van der Waals surface area contributed by atoms with Crippen LogP contribution in [0.25, 0.3) is 0 Å². The minimum Gasteiger partial charge on any atom is -0.491 e. The zero-order chi connectivity index (χ0) is 19.9. The fourth-order valence-corrected chi connectivity index (χ4v) is 3.07. The van der Waals surface area contributed by atoms with Gasteiger partial charge < -0.3 is 18.9 Å². The molecule has 0 saturated carbocycles. The van der Waals surface area contributed by atoms with Gasteiger partial charge in [0.2, 0.25) is 0 Å². The SMILES string of the molecule is CCOc1cc(C#N)cc(Cl)c1OC(=O)c1cccc(OC[C@@H]2CCCO2)c1. The second-order valence-electron chi connectivity index (χ2n) is 6.19. The van der Waals surface area contributed by atoms with E-state index in [0.717, 1.165) is 19.4 Å². The normalized spacial score (nSPS) is 15.7. The van der Waals surface area contributed by atoms with E-state index < -0.39 is 5.97 Å². The number of esters is 1. The van der Waals surface area contributed by atoms with Crippen molar-refractivity contribution in [2.45, 2.75) is 25.9 Å². The number of ether oxygens (including phenoxy) is 4. The molecule has 1 aliphatic rings. The predicted octanol–water partition coefficient (Wildman–Crippen LogP) is 4.39. The van der Waals surface area contributed by atoms with Gasteiger partial charge in [-0.25, -0.2) is 4.79 Å². The molecule has 0 bridgehead atoms. The lowest BCUT2D eigenvalue weighted by Gasteiger charge is -2.14. The summed E-state index contributed by atoms with van der Waals surface area (Å²) in [6.07, 6.45) is 2.09. The highest BCUT2D eigenvalue weighted by molar-refractivity contribution is 6.32. The fourth-order valence-electron chi connectivity index (χ4n) is 2.82. The molecule has 0 spiro atoms. The highest BCUT2D eigenvalue weighted by atomic mass is 35.5. The molecule has 1 fully saturated rings. The summed E-state index contributed by atoms with van der Waals surface area (Å²) in [6.45, 7) is 3.32. The minimum atomic E-state index is -0.602. The number of carbonyl (C=O) groups excluding carboxylic acids is 1. The summed E-state index contributed by atoms with van der Waals surface area (Å²) in [4.78, 5) is 12.6. The molecule has 1 atom stereocenters. The first-order valence-electron chi connectivity index (χ1n) is 9.03. The molecule has 0 aliphatic carbocycles. The van der Waals surface area contributed by atoms with Crippen molar-refractivity contribution in [1.82, 2.24) is 0 Å². The van der Waals surface area contributed by atoms with Crippen molar-refractivity contribution in [2.75, 3.05) is 19.8 Å². The Hall–Kier alpha value is -2.75. The van der Waals surface area contributed by atoms with Gasteiger partial charge in [0.1, 0.15) is 12.4 Å². The van der Waals surface area contributed by atoms with Gasteiger partial charge in [-0.15, -0.1) is 0 Å². The summed E-state index contributed by atoms with van der Waals surface area (Å²) in [5.74, 6) is 0.278. The minimum absolute atomic E-state index is 0.0817. The summed E-state index contributed by atoms with van der Waals surface area (Å²) in [5.41, 5.74) is 0.630. The molecule has 3 rings (SSSR count). The average molecular weight is 402 g/mol. The van der Waals surface area contributed by atoms with Crippen LogP contribution in [0.4, 0.5) is 0 Å². The van der Waals surface area contributed by atoms with Crippen LogP contribution in [0.1, 0.15) is 35.7 Å². The number of carbonyl (C=O) groups is 1. The summed E-state index contributed by atoms with van der Waals surface area (Å²) in [5, 5.41) is 9.20. The standard InChI is InChI=1S/C21H20ClNO5/c1-2-25-19-10-14(12-23)9-18(22)20(19)28-21(24)15-5-3-6-16(11-15)27-13-17-7-4-8-26-17/h3,5-6,9-11,17H,2,4,7-8,13H2,1H3/t17-/m0/s1. The maximum absolute atomic E-state index is 12.6. The quantitative estimate of drug-likeness (QED) is 0.506. The van der Waals surface area contributed by atoms with Gasteiger partial charge in [0.25, 0.3) is 0 Å². The molecule has 0 aromatic heterocycles. The van der Waals surface area contributed by atoms with Gasteiger partial charge in [-0.2, -0.15) is 5.26 Å². The first-order chi connectivity index (χ1) is 13.6. The number of halogens is 1. The molecule has 2 aromatic rings. The lowest BCUT2D eigenvalue weighted by Crippen LogP contribution is -2.16. The summed E-state index contributed by atoms with van der Waals surface area (Å²) < 4.78 is 22.2. The zero-order valence-electron chi connectivity index (χ0n) is 15.4. The second kappa shape index (κ2) is 9.45. The molecule has 146 valence electrons. The number of benzene rings is 2. The van der Waals surface area contributed by atoms with E-state index in [1.165, 1.54) is 12.1 Å². The highest BCUT2D eigenvalue weighted by Gasteiger charge is 2.19. The third-order valence-electron chi connectivity index (χ3n) is 4.16. The molecule has 0 N–H and O–H groups in total. The monoisotopic (exact) mass is 401 g/mol. The molecule has 0 radical (unpaired) electrons. The van der Waals surface area contributed by atoms with Crippen LogP contribution in [0.3, 0.4) is 0 Å². The van der Waals surface area contributed by atoms with Gasteiger partial charge in [0.05, 0.1) is 34.9 Å². The van der Waals surface area contributed by atoms with Gasteiger partial charge in [0, 0.05) is 12.7 Å². The molecule has 7 heteroatoms. The Labute approximate surface area is 168 Å². The third kappa shape index (κ3) is 4.94. The number of hydrogen-bond donors (Lipinski definition) is 0. The predicted molar refractivity (Wildman–Crippen MR) is 103 cm³/mol. The first kappa shape index (κ1) is 20.0. The Morgan fingerprint density at radius 2 is 2.18 bits per heavy atom. The molecular weight excluding hydrogens is 382 g/mol. The third-order valence-corrected chi connectivity index (χ3v) is 4.44. The molecule has 2 aromatic carbocycles. The zero-order valence-corrected chi connectivity index (χ0v) is 16.2. The first-order valence-corrected chi connectivity index (χ1v) is 9.41. The van der Waals surface area contributed by atoms with Crippen LogP contribution in [0, 0.1) is 11.3 Å². The van der Waals surface area contributed by atoms with Crippen molar-refractivity contribution >= 4 is 17.6 Å². The molecule has 28 heavy (non-hydrogen) atoms. The average Bonchev–Trinajstić information content (AvgIpc) is 3.22. The lowest BCUT2D eigenvalue weighted by molar-refractivity contribution is 0.0676. The molecule has 1 saturated heterocycles. The van der Waals surface area contributed by atoms with E-state index in [9.17, 15) is 4.79 Å². The van der Waals surface area contributed by atoms with Crippen molar-refractivity contribution < 1.29 is 23.7 Å². The number of hydrogen-bond acceptors (Lipinski definition) is 6. The van der Waals surface area contributed by atoms with Crippen LogP contribution in [-0.2, 0) is 4.74 Å². The van der Waals surface area contributed by atoms with Crippen molar-refractivity contribution in [3.8, 4) is 23.3 Å². The van der Waals surface area contributed by atoms with Crippen LogP contribution >= 0.6 is 11.6 Å². The highest BCUT2D eigenvalue weighted by Crippen LogP contribution is 2.37. The van der Waals surface area contributed by atoms with Crippen molar-refractivity contribution in [3.05, 3.63) is 52.5 Å². The Bertz CT molecular complexity index is 887. The maximum Gasteiger partial charge on any atom is 0.343 e. The molecular formula is C21H20ClNO5. The maximum atomic E-state index is 12.6. The Morgan fingerprint density at radius 1 is 1.32 bits per heavy atom. The van der Waals surface area contributed by atoms with Crippen molar-refractivity contribution in [2.24, 2.45) is 0 Å². The van der Waals surface area contributed by atoms with Gasteiger partial charge in [-0.3, -0.25) is 0 Å². The number of nitriles is 1. The van der Waals surface area contributed by atoms with Crippen molar-refractivity contribution in [3.63, 3.8) is 0 Å². The van der Waals surface area contributed by atoms with Crippen LogP contribution < -0.4 is 14.2 Å². The van der Waals surface area contributed by atoms with E-state index in [-0.39, 0.29) is 22.6 Å². The molecule has 1 aliphatic heterocycles. The molecule has 6 nitrogen and oxygen atoms in total. The Balaban J connectivity index is 1.74. The van der Waals surface area contributed by atoms with Crippen LogP contribution in [0.2, 0.25) is 5.02 Å². The topological polar surface area (TPSA) is 77.8 Å². The van der Waals surface area contributed by atoms with E-state index in [0.29, 0.717) is 30.1 Å². The van der Waals surface area contributed by atoms with Crippen LogP contribution in [0.15, 0.2) is 36.4 Å². The van der Waals surface area contributed by atoms with Gasteiger partial charge in [-0.05, 0) is 44.0 Å². The Morgan fingerprint density at radius 3 is 2.89 bits per heavy atom. The van der Waals surface area contributed by atoms with E-state index in [1.807, 2.05) is 6.07 Å². The molecule has 1 heterocycles. The van der Waals surface area contributed by atoms with Gasteiger partial charge in [-0.1, -0.05) is 17.7 Å². The van der Waals surface area contributed by atoms with Crippen LogP contribution in [0.5, 0.6) is 17.2 Å². The Kier molecular flexibility index (Phi) is 6.75. The van der Waals surface area contributed by atoms with E-state index in [1.54, 1.807) is 31.2 Å². The fraction of sp³-hybridized carbons (Fsp3) is 0.333. The lowest BCUT2D eigenvalue weighted by atomic mass is 10.2. The van der Waals surface area contributed by atoms with Crippen molar-refractivity contribution in [1.29, 1.82) is 5.26 Å². The van der Waals surface area contributed by atoms with E-state index >= 15 is 0 Å².